The number of hydrogen-bond donors (Lipinski definition) is 1. The normalized spacial score (nSPS) is 24.3. The van der Waals surface area contributed by atoms with Crippen molar-refractivity contribution in [2.75, 3.05) is 33.8 Å². The molecule has 1 heterocycles. The predicted octanol–water partition coefficient (Wildman–Crippen LogP) is 2.81. The molecule has 1 N–H and O–H groups in total. The first-order valence-corrected chi connectivity index (χ1v) is 10.9. The standard InChI is InChI=1S/C23H35N3O3/c1-4-29-19-9-7-8-18(16-19)17-24-22(28)23-12-6-5-10-20(23)26(15-14-25(2)3)21(27)11-13-23/h7-9,16,20H,4-6,10-15,17H2,1-3H3,(H,24,28)/t20-,23-/m1/s1. The first-order chi connectivity index (χ1) is 14.0. The molecular weight excluding hydrogens is 366 g/mol. The molecule has 0 aromatic heterocycles. The number of ether oxygens (including phenoxy) is 1. The van der Waals surface area contributed by atoms with E-state index in [0.29, 0.717) is 32.5 Å². The van der Waals surface area contributed by atoms with Gasteiger partial charge < -0.3 is 19.9 Å². The lowest BCUT2D eigenvalue weighted by atomic mass is 9.64. The van der Waals surface area contributed by atoms with Crippen molar-refractivity contribution in [3.63, 3.8) is 0 Å². The SMILES string of the molecule is CCOc1cccc(CNC(=O)[C@@]23CCCC[C@H]2N(CCN(C)C)C(=O)CC3)c1. The molecule has 0 unspecified atom stereocenters. The van der Waals surface area contributed by atoms with Gasteiger partial charge in [0, 0.05) is 32.1 Å². The largest absolute Gasteiger partial charge is 0.494 e. The average Bonchev–Trinajstić information content (AvgIpc) is 2.71. The lowest BCUT2D eigenvalue weighted by molar-refractivity contribution is -0.155. The second kappa shape index (κ2) is 9.61. The molecule has 6 heteroatoms. The zero-order valence-corrected chi connectivity index (χ0v) is 18.1. The van der Waals surface area contributed by atoms with E-state index in [9.17, 15) is 9.59 Å². The minimum Gasteiger partial charge on any atom is -0.494 e. The van der Waals surface area contributed by atoms with Crippen LogP contribution in [0.2, 0.25) is 0 Å². The van der Waals surface area contributed by atoms with Gasteiger partial charge in [-0.15, -0.1) is 0 Å². The van der Waals surface area contributed by atoms with Crippen LogP contribution < -0.4 is 10.1 Å². The Bertz CT molecular complexity index is 721. The van der Waals surface area contributed by atoms with Gasteiger partial charge in [-0.05, 0) is 58.0 Å². The molecule has 1 saturated carbocycles. The second-order valence-corrected chi connectivity index (χ2v) is 8.57. The van der Waals surface area contributed by atoms with E-state index in [1.165, 1.54) is 0 Å². The van der Waals surface area contributed by atoms with Gasteiger partial charge in [0.15, 0.2) is 0 Å². The van der Waals surface area contributed by atoms with Gasteiger partial charge in [0.05, 0.1) is 12.0 Å². The molecule has 2 atom stereocenters. The Balaban J connectivity index is 1.72. The number of carbonyl (C=O) groups is 2. The maximum Gasteiger partial charge on any atom is 0.228 e. The molecule has 0 radical (unpaired) electrons. The summed E-state index contributed by atoms with van der Waals surface area (Å²) in [6.07, 6.45) is 5.07. The Hall–Kier alpha value is -2.08. The molecule has 6 nitrogen and oxygen atoms in total. The highest BCUT2D eigenvalue weighted by atomic mass is 16.5. The van der Waals surface area contributed by atoms with Gasteiger partial charge in [0.2, 0.25) is 11.8 Å². The molecule has 1 aliphatic carbocycles. The van der Waals surface area contributed by atoms with Crippen LogP contribution in [0.4, 0.5) is 0 Å². The van der Waals surface area contributed by atoms with Crippen LogP contribution >= 0.6 is 0 Å². The third-order valence-electron chi connectivity index (χ3n) is 6.37. The number of nitrogens with one attached hydrogen (secondary N) is 1. The van der Waals surface area contributed by atoms with Crippen molar-refractivity contribution in [1.82, 2.24) is 15.1 Å². The summed E-state index contributed by atoms with van der Waals surface area (Å²) in [6.45, 7) is 4.59. The predicted molar refractivity (Wildman–Crippen MR) is 114 cm³/mol. The Labute approximate surface area is 174 Å². The highest BCUT2D eigenvalue weighted by Gasteiger charge is 2.52. The van der Waals surface area contributed by atoms with E-state index in [2.05, 4.69) is 10.2 Å². The van der Waals surface area contributed by atoms with Crippen LogP contribution in [-0.4, -0.2) is 61.4 Å². The number of hydrogen-bond acceptors (Lipinski definition) is 4. The van der Waals surface area contributed by atoms with Crippen molar-refractivity contribution in [1.29, 1.82) is 0 Å². The minimum atomic E-state index is -0.448. The van der Waals surface area contributed by atoms with Crippen molar-refractivity contribution in [2.24, 2.45) is 5.41 Å². The summed E-state index contributed by atoms with van der Waals surface area (Å²) >= 11 is 0. The summed E-state index contributed by atoms with van der Waals surface area (Å²) in [6, 6.07) is 7.89. The Morgan fingerprint density at radius 3 is 2.90 bits per heavy atom. The van der Waals surface area contributed by atoms with Gasteiger partial charge in [0.25, 0.3) is 0 Å². The van der Waals surface area contributed by atoms with Gasteiger partial charge in [-0.1, -0.05) is 25.0 Å². The van der Waals surface area contributed by atoms with Crippen molar-refractivity contribution in [2.45, 2.75) is 58.0 Å². The maximum absolute atomic E-state index is 13.4. The number of carbonyl (C=O) groups excluding carboxylic acids is 2. The molecule has 3 rings (SSSR count). The van der Waals surface area contributed by atoms with Crippen molar-refractivity contribution < 1.29 is 14.3 Å². The summed E-state index contributed by atoms with van der Waals surface area (Å²) in [5.74, 6) is 1.13. The van der Waals surface area contributed by atoms with E-state index in [4.69, 9.17) is 4.74 Å². The Kier molecular flexibility index (Phi) is 7.17. The second-order valence-electron chi connectivity index (χ2n) is 8.57. The van der Waals surface area contributed by atoms with Crippen molar-refractivity contribution in [3.8, 4) is 5.75 Å². The molecule has 1 saturated heterocycles. The summed E-state index contributed by atoms with van der Waals surface area (Å²) in [4.78, 5) is 30.2. The summed E-state index contributed by atoms with van der Waals surface area (Å²) < 4.78 is 5.57. The topological polar surface area (TPSA) is 61.9 Å². The van der Waals surface area contributed by atoms with Crippen molar-refractivity contribution in [3.05, 3.63) is 29.8 Å². The van der Waals surface area contributed by atoms with Crippen molar-refractivity contribution >= 4 is 11.8 Å². The summed E-state index contributed by atoms with van der Waals surface area (Å²) in [7, 11) is 4.04. The third kappa shape index (κ3) is 4.92. The number of likely N-dealkylation sites (tertiary alicyclic amines) is 1. The molecule has 2 amide bonds. The minimum absolute atomic E-state index is 0.0206. The van der Waals surface area contributed by atoms with Gasteiger partial charge >= 0.3 is 0 Å². The van der Waals surface area contributed by atoms with Gasteiger partial charge in [0.1, 0.15) is 5.75 Å². The molecule has 2 aliphatic rings. The lowest BCUT2D eigenvalue weighted by Gasteiger charge is -2.51. The molecular formula is C23H35N3O3. The van der Waals surface area contributed by atoms with E-state index in [1.807, 2.05) is 50.2 Å². The van der Waals surface area contributed by atoms with Crippen LogP contribution in [0.25, 0.3) is 0 Å². The average molecular weight is 402 g/mol. The monoisotopic (exact) mass is 401 g/mol. The summed E-state index contributed by atoms with van der Waals surface area (Å²) in [5, 5.41) is 3.19. The molecule has 0 spiro atoms. The van der Waals surface area contributed by atoms with Gasteiger partial charge in [-0.2, -0.15) is 0 Å². The first-order valence-electron chi connectivity index (χ1n) is 10.9. The van der Waals surface area contributed by atoms with E-state index < -0.39 is 5.41 Å². The molecule has 0 bridgehead atoms. The molecule has 1 aromatic carbocycles. The van der Waals surface area contributed by atoms with E-state index in [0.717, 1.165) is 43.5 Å². The fraction of sp³-hybridized carbons (Fsp3) is 0.652. The molecule has 29 heavy (non-hydrogen) atoms. The fourth-order valence-electron chi connectivity index (χ4n) is 4.85. The smallest absolute Gasteiger partial charge is 0.228 e. The van der Waals surface area contributed by atoms with Crippen LogP contribution in [0.5, 0.6) is 5.75 Å². The quantitative estimate of drug-likeness (QED) is 0.728. The van der Waals surface area contributed by atoms with Crippen LogP contribution in [-0.2, 0) is 16.1 Å². The third-order valence-corrected chi connectivity index (χ3v) is 6.37. The Morgan fingerprint density at radius 2 is 2.14 bits per heavy atom. The van der Waals surface area contributed by atoms with E-state index in [-0.39, 0.29) is 17.9 Å². The number of likely N-dealkylation sites (N-methyl/N-ethyl adjacent to an activating group) is 1. The number of rotatable bonds is 8. The van der Waals surface area contributed by atoms with E-state index >= 15 is 0 Å². The fourth-order valence-corrected chi connectivity index (χ4v) is 4.85. The number of amides is 2. The van der Waals surface area contributed by atoms with Gasteiger partial charge in [-0.3, -0.25) is 9.59 Å². The number of fused-ring (bicyclic) bond motifs is 1. The zero-order valence-electron chi connectivity index (χ0n) is 18.1. The number of benzene rings is 1. The van der Waals surface area contributed by atoms with Gasteiger partial charge in [-0.25, -0.2) is 0 Å². The highest BCUT2D eigenvalue weighted by molar-refractivity contribution is 5.88. The molecule has 2 fully saturated rings. The maximum atomic E-state index is 13.4. The molecule has 1 aliphatic heterocycles. The number of nitrogens with zero attached hydrogens (tertiary/aromatic N) is 2. The number of piperidine rings is 1. The first kappa shape index (κ1) is 21.6. The summed E-state index contributed by atoms with van der Waals surface area (Å²) in [5.41, 5.74) is 0.583. The van der Waals surface area contributed by atoms with E-state index in [1.54, 1.807) is 0 Å². The highest BCUT2D eigenvalue weighted by Crippen LogP contribution is 2.46. The lowest BCUT2D eigenvalue weighted by Crippen LogP contribution is -2.62. The van der Waals surface area contributed by atoms with Crippen LogP contribution in [0.15, 0.2) is 24.3 Å². The molecule has 160 valence electrons. The van der Waals surface area contributed by atoms with Crippen LogP contribution in [0.1, 0.15) is 51.0 Å². The Morgan fingerprint density at radius 1 is 1.31 bits per heavy atom. The van der Waals surface area contributed by atoms with Crippen LogP contribution in [0, 0.1) is 5.41 Å². The van der Waals surface area contributed by atoms with Crippen LogP contribution in [0.3, 0.4) is 0 Å². The molecule has 1 aromatic rings. The zero-order chi connectivity index (χ0) is 20.9.